The summed E-state index contributed by atoms with van der Waals surface area (Å²) in [4.78, 5) is 12.4. The van der Waals surface area contributed by atoms with Crippen molar-refractivity contribution in [1.29, 1.82) is 0 Å². The summed E-state index contributed by atoms with van der Waals surface area (Å²) < 4.78 is 23.6. The van der Waals surface area contributed by atoms with Gasteiger partial charge in [-0.15, -0.1) is 0 Å². The molecule has 20 heavy (non-hydrogen) atoms. The zero-order valence-corrected chi connectivity index (χ0v) is 11.6. The standard InChI is InChI=1S/C16H15FO3/c1-10-4-6-12(17)9-13(10)16(18)11-5-7-14(19-2)15(8-11)20-3/h4-9H,1-3H3. The highest BCUT2D eigenvalue weighted by Crippen LogP contribution is 2.29. The molecule has 2 aromatic rings. The fourth-order valence-corrected chi connectivity index (χ4v) is 1.97. The van der Waals surface area contributed by atoms with Gasteiger partial charge in [-0.05, 0) is 42.8 Å². The monoisotopic (exact) mass is 274 g/mol. The molecular formula is C16H15FO3. The van der Waals surface area contributed by atoms with Crippen molar-refractivity contribution in [3.8, 4) is 11.5 Å². The van der Waals surface area contributed by atoms with Gasteiger partial charge in [0.25, 0.3) is 0 Å². The number of ether oxygens (including phenoxy) is 2. The number of methoxy groups -OCH3 is 2. The Kier molecular flexibility index (Phi) is 4.03. The molecule has 0 aliphatic heterocycles. The van der Waals surface area contributed by atoms with E-state index in [4.69, 9.17) is 9.47 Å². The molecule has 4 heteroatoms. The Balaban J connectivity index is 2.45. The van der Waals surface area contributed by atoms with E-state index >= 15 is 0 Å². The molecule has 0 aliphatic carbocycles. The Morgan fingerprint density at radius 1 is 1.00 bits per heavy atom. The molecule has 104 valence electrons. The van der Waals surface area contributed by atoms with E-state index in [1.807, 2.05) is 0 Å². The molecule has 0 heterocycles. The lowest BCUT2D eigenvalue weighted by atomic mass is 9.98. The number of carbonyl (C=O) groups is 1. The molecule has 2 aromatic carbocycles. The highest BCUT2D eigenvalue weighted by Gasteiger charge is 2.15. The molecule has 0 atom stereocenters. The van der Waals surface area contributed by atoms with Gasteiger partial charge in [0.1, 0.15) is 5.82 Å². The van der Waals surface area contributed by atoms with Gasteiger partial charge in [0.15, 0.2) is 17.3 Å². The summed E-state index contributed by atoms with van der Waals surface area (Å²) in [6, 6.07) is 9.04. The third-order valence-electron chi connectivity index (χ3n) is 3.09. The van der Waals surface area contributed by atoms with Gasteiger partial charge in [0.2, 0.25) is 0 Å². The molecule has 0 saturated carbocycles. The van der Waals surface area contributed by atoms with Crippen LogP contribution in [0.15, 0.2) is 36.4 Å². The zero-order chi connectivity index (χ0) is 14.7. The molecule has 0 unspecified atom stereocenters. The van der Waals surface area contributed by atoms with Crippen LogP contribution in [0, 0.1) is 12.7 Å². The van der Waals surface area contributed by atoms with Crippen LogP contribution >= 0.6 is 0 Å². The number of carbonyl (C=O) groups excluding carboxylic acids is 1. The Hall–Kier alpha value is -2.36. The second-order valence-electron chi connectivity index (χ2n) is 4.36. The third kappa shape index (κ3) is 2.64. The number of ketones is 1. The van der Waals surface area contributed by atoms with Crippen LogP contribution in [-0.4, -0.2) is 20.0 Å². The fraction of sp³-hybridized carbons (Fsp3) is 0.188. The largest absolute Gasteiger partial charge is 0.493 e. The van der Waals surface area contributed by atoms with Crippen molar-refractivity contribution in [3.05, 3.63) is 58.9 Å². The van der Waals surface area contributed by atoms with E-state index < -0.39 is 5.82 Å². The van der Waals surface area contributed by atoms with E-state index in [9.17, 15) is 9.18 Å². The predicted octanol–water partition coefficient (Wildman–Crippen LogP) is 3.38. The van der Waals surface area contributed by atoms with Gasteiger partial charge in [-0.25, -0.2) is 4.39 Å². The van der Waals surface area contributed by atoms with Crippen molar-refractivity contribution in [2.75, 3.05) is 14.2 Å². The number of hydrogen-bond acceptors (Lipinski definition) is 3. The average molecular weight is 274 g/mol. The predicted molar refractivity (Wildman–Crippen MR) is 74.1 cm³/mol. The van der Waals surface area contributed by atoms with Crippen molar-refractivity contribution in [1.82, 2.24) is 0 Å². The molecule has 0 fully saturated rings. The molecule has 0 aliphatic rings. The molecule has 2 rings (SSSR count). The van der Waals surface area contributed by atoms with Crippen LogP contribution in [0.3, 0.4) is 0 Å². The molecule has 0 amide bonds. The average Bonchev–Trinajstić information content (AvgIpc) is 2.48. The summed E-state index contributed by atoms with van der Waals surface area (Å²) in [7, 11) is 3.02. The van der Waals surface area contributed by atoms with Gasteiger partial charge in [-0.2, -0.15) is 0 Å². The highest BCUT2D eigenvalue weighted by molar-refractivity contribution is 6.10. The van der Waals surface area contributed by atoms with E-state index in [2.05, 4.69) is 0 Å². The Bertz CT molecular complexity index is 650. The molecule has 0 bridgehead atoms. The molecule has 3 nitrogen and oxygen atoms in total. The van der Waals surface area contributed by atoms with Crippen LogP contribution in [0.25, 0.3) is 0 Å². The van der Waals surface area contributed by atoms with Crippen molar-refractivity contribution < 1.29 is 18.7 Å². The molecule has 0 radical (unpaired) electrons. The number of rotatable bonds is 4. The normalized spacial score (nSPS) is 10.2. The minimum Gasteiger partial charge on any atom is -0.493 e. The maximum atomic E-state index is 13.3. The van der Waals surface area contributed by atoms with Crippen LogP contribution in [-0.2, 0) is 0 Å². The Morgan fingerprint density at radius 3 is 2.35 bits per heavy atom. The van der Waals surface area contributed by atoms with E-state index in [0.717, 1.165) is 5.56 Å². The molecule has 0 spiro atoms. The van der Waals surface area contributed by atoms with Gasteiger partial charge in [-0.3, -0.25) is 4.79 Å². The summed E-state index contributed by atoms with van der Waals surface area (Å²) in [5.41, 5.74) is 1.50. The topological polar surface area (TPSA) is 35.5 Å². The van der Waals surface area contributed by atoms with Crippen LogP contribution in [0.2, 0.25) is 0 Å². The number of hydrogen-bond donors (Lipinski definition) is 0. The lowest BCUT2D eigenvalue weighted by Gasteiger charge is -2.10. The molecular weight excluding hydrogens is 259 g/mol. The van der Waals surface area contributed by atoms with Gasteiger partial charge in [0, 0.05) is 11.1 Å². The first-order valence-electron chi connectivity index (χ1n) is 6.09. The number of halogens is 1. The first-order chi connectivity index (χ1) is 9.56. The Labute approximate surface area is 117 Å². The zero-order valence-electron chi connectivity index (χ0n) is 11.6. The Morgan fingerprint density at radius 2 is 1.70 bits per heavy atom. The number of benzene rings is 2. The minimum absolute atomic E-state index is 0.247. The van der Waals surface area contributed by atoms with Crippen LogP contribution < -0.4 is 9.47 Å². The number of aryl methyl sites for hydroxylation is 1. The fourth-order valence-electron chi connectivity index (χ4n) is 1.97. The highest BCUT2D eigenvalue weighted by atomic mass is 19.1. The first-order valence-corrected chi connectivity index (χ1v) is 6.09. The second kappa shape index (κ2) is 5.74. The van der Waals surface area contributed by atoms with E-state index in [1.54, 1.807) is 31.2 Å². The lowest BCUT2D eigenvalue weighted by molar-refractivity contribution is 0.103. The smallest absolute Gasteiger partial charge is 0.193 e. The third-order valence-corrected chi connectivity index (χ3v) is 3.09. The van der Waals surface area contributed by atoms with E-state index in [0.29, 0.717) is 22.6 Å². The van der Waals surface area contributed by atoms with Crippen molar-refractivity contribution in [3.63, 3.8) is 0 Å². The maximum absolute atomic E-state index is 13.3. The van der Waals surface area contributed by atoms with Crippen LogP contribution in [0.4, 0.5) is 4.39 Å². The van der Waals surface area contributed by atoms with Gasteiger partial charge < -0.3 is 9.47 Å². The summed E-state index contributed by atoms with van der Waals surface area (Å²) >= 11 is 0. The molecule has 0 saturated heterocycles. The van der Waals surface area contributed by atoms with Crippen molar-refractivity contribution in [2.45, 2.75) is 6.92 Å². The van der Waals surface area contributed by atoms with E-state index in [-0.39, 0.29) is 5.78 Å². The summed E-state index contributed by atoms with van der Waals surface area (Å²) in [5.74, 6) is 0.329. The van der Waals surface area contributed by atoms with E-state index in [1.165, 1.54) is 26.4 Å². The van der Waals surface area contributed by atoms with Gasteiger partial charge >= 0.3 is 0 Å². The first kappa shape index (κ1) is 14.1. The lowest BCUT2D eigenvalue weighted by Crippen LogP contribution is -2.05. The molecule has 0 aromatic heterocycles. The summed E-state index contributed by atoms with van der Waals surface area (Å²) in [5, 5.41) is 0. The minimum atomic E-state index is -0.431. The summed E-state index contributed by atoms with van der Waals surface area (Å²) in [6.07, 6.45) is 0. The quantitative estimate of drug-likeness (QED) is 0.802. The van der Waals surface area contributed by atoms with Crippen molar-refractivity contribution >= 4 is 5.78 Å². The van der Waals surface area contributed by atoms with Gasteiger partial charge in [-0.1, -0.05) is 6.07 Å². The van der Waals surface area contributed by atoms with Crippen LogP contribution in [0.5, 0.6) is 11.5 Å². The van der Waals surface area contributed by atoms with Crippen LogP contribution in [0.1, 0.15) is 21.5 Å². The van der Waals surface area contributed by atoms with Crippen molar-refractivity contribution in [2.24, 2.45) is 0 Å². The SMILES string of the molecule is COc1ccc(C(=O)c2cc(F)ccc2C)cc1OC. The van der Waals surface area contributed by atoms with Gasteiger partial charge in [0.05, 0.1) is 14.2 Å². The maximum Gasteiger partial charge on any atom is 0.193 e. The summed E-state index contributed by atoms with van der Waals surface area (Å²) in [6.45, 7) is 1.77. The second-order valence-corrected chi connectivity index (χ2v) is 4.36. The molecule has 0 N–H and O–H groups in total.